The van der Waals surface area contributed by atoms with Crippen molar-refractivity contribution in [3.05, 3.63) is 74.8 Å². The third kappa shape index (κ3) is 3.82. The van der Waals surface area contributed by atoms with Gasteiger partial charge in [0.2, 0.25) is 0 Å². The normalized spacial score (nSPS) is 26.8. The lowest BCUT2D eigenvalue weighted by atomic mass is 9.49. The lowest BCUT2D eigenvalue weighted by molar-refractivity contribution is -0.385. The fourth-order valence-corrected chi connectivity index (χ4v) is 6.46. The van der Waals surface area contributed by atoms with Crippen LogP contribution >= 0.6 is 0 Å². The van der Waals surface area contributed by atoms with E-state index in [1.54, 1.807) is 0 Å². The molecule has 0 bridgehead atoms. The lowest BCUT2D eigenvalue weighted by Crippen LogP contribution is -2.53. The molecule has 0 aliphatic heterocycles. The average molecular weight is 435 g/mol. The van der Waals surface area contributed by atoms with Crippen molar-refractivity contribution in [2.45, 2.75) is 71.1 Å². The van der Waals surface area contributed by atoms with Crippen molar-refractivity contribution < 1.29 is 9.72 Å². The van der Waals surface area contributed by atoms with Gasteiger partial charge in [-0.3, -0.25) is 14.9 Å². The van der Waals surface area contributed by atoms with E-state index in [9.17, 15) is 14.9 Å². The molecule has 5 heteroatoms. The number of carbonyl (C=O) groups excluding carboxylic acids is 1. The van der Waals surface area contributed by atoms with Crippen LogP contribution in [0.5, 0.6) is 0 Å². The fraction of sp³-hybridized carbons (Fsp3) is 0.519. The number of nitrogens with zero attached hydrogens (tertiary/aromatic N) is 1. The number of nitro groups is 1. The maximum Gasteiger partial charge on any atom is 0.273 e. The largest absolute Gasteiger partial charge is 0.351 e. The zero-order valence-electron chi connectivity index (χ0n) is 19.6. The zero-order chi connectivity index (χ0) is 23.1. The molecule has 0 saturated heterocycles. The summed E-state index contributed by atoms with van der Waals surface area (Å²) in [6, 6.07) is 13.3. The molecule has 1 saturated carbocycles. The highest BCUT2D eigenvalue weighted by Crippen LogP contribution is 2.57. The number of hydrogen-bond donors (Lipinski definition) is 1. The highest BCUT2D eigenvalue weighted by Gasteiger charge is 2.52. The van der Waals surface area contributed by atoms with E-state index < -0.39 is 0 Å². The second-order valence-electron chi connectivity index (χ2n) is 10.5. The standard InChI is InChI=1S/C27H34N2O3/c1-18(2)21-15-20-11-12-24-26(3,17-28-25(30)19-9-6-5-7-10-19)13-8-14-27(24,4)22(20)16-23(21)29(31)32/h5-7,9-10,15-16,18,24H,8,11-14,17H2,1-4H3,(H,28,30)/t24-,26-,27+/m0/s1. The third-order valence-electron chi connectivity index (χ3n) is 8.13. The molecule has 2 aliphatic carbocycles. The third-order valence-corrected chi connectivity index (χ3v) is 8.13. The maximum absolute atomic E-state index is 12.7. The number of carbonyl (C=O) groups is 1. The summed E-state index contributed by atoms with van der Waals surface area (Å²) in [6.07, 6.45) is 5.14. The first-order valence-electron chi connectivity index (χ1n) is 11.8. The first-order valence-corrected chi connectivity index (χ1v) is 11.8. The van der Waals surface area contributed by atoms with E-state index in [2.05, 4.69) is 25.2 Å². The topological polar surface area (TPSA) is 72.2 Å². The van der Waals surface area contributed by atoms with Gasteiger partial charge in [0, 0.05) is 23.7 Å². The summed E-state index contributed by atoms with van der Waals surface area (Å²) in [5.41, 5.74) is 4.05. The van der Waals surface area contributed by atoms with Crippen LogP contribution in [0.15, 0.2) is 42.5 Å². The molecule has 32 heavy (non-hydrogen) atoms. The zero-order valence-corrected chi connectivity index (χ0v) is 19.6. The summed E-state index contributed by atoms with van der Waals surface area (Å²) in [4.78, 5) is 24.4. The molecule has 0 radical (unpaired) electrons. The SMILES string of the molecule is CC(C)c1cc2c(cc1[N+](=O)[O-])[C@@]1(C)CCC[C@@](C)(CNC(=O)c3ccccc3)[C@@H]1CC2. The van der Waals surface area contributed by atoms with Crippen molar-refractivity contribution in [2.24, 2.45) is 11.3 Å². The van der Waals surface area contributed by atoms with E-state index >= 15 is 0 Å². The minimum atomic E-state index is -0.218. The van der Waals surface area contributed by atoms with Gasteiger partial charge in [0.15, 0.2) is 0 Å². The predicted molar refractivity (Wildman–Crippen MR) is 127 cm³/mol. The Morgan fingerprint density at radius 1 is 1.19 bits per heavy atom. The molecule has 1 amide bonds. The monoisotopic (exact) mass is 434 g/mol. The summed E-state index contributed by atoms with van der Waals surface area (Å²) in [6.45, 7) is 9.26. The molecule has 4 rings (SSSR count). The molecule has 2 aromatic rings. The van der Waals surface area contributed by atoms with E-state index in [0.29, 0.717) is 18.0 Å². The van der Waals surface area contributed by atoms with Gasteiger partial charge in [0.05, 0.1) is 4.92 Å². The van der Waals surface area contributed by atoms with Crippen LogP contribution in [0, 0.1) is 21.4 Å². The van der Waals surface area contributed by atoms with Crippen molar-refractivity contribution in [1.29, 1.82) is 0 Å². The Morgan fingerprint density at radius 3 is 2.56 bits per heavy atom. The fourth-order valence-electron chi connectivity index (χ4n) is 6.46. The van der Waals surface area contributed by atoms with E-state index in [-0.39, 0.29) is 33.3 Å². The number of amides is 1. The first kappa shape index (κ1) is 22.5. The number of nitrogens with one attached hydrogen (secondary N) is 1. The quantitative estimate of drug-likeness (QED) is 0.452. The Labute approximate surface area is 190 Å². The van der Waals surface area contributed by atoms with Crippen molar-refractivity contribution >= 4 is 11.6 Å². The van der Waals surface area contributed by atoms with Crippen LogP contribution in [0.2, 0.25) is 0 Å². The van der Waals surface area contributed by atoms with E-state index in [0.717, 1.165) is 43.2 Å². The van der Waals surface area contributed by atoms with Crippen LogP contribution in [0.3, 0.4) is 0 Å². The first-order chi connectivity index (χ1) is 15.2. The predicted octanol–water partition coefficient (Wildman–Crippen LogP) is 6.16. The molecule has 1 fully saturated rings. The number of rotatable bonds is 5. The second-order valence-corrected chi connectivity index (χ2v) is 10.5. The van der Waals surface area contributed by atoms with Gasteiger partial charge in [0.25, 0.3) is 11.6 Å². The molecule has 170 valence electrons. The minimum absolute atomic E-state index is 0.0347. The van der Waals surface area contributed by atoms with Gasteiger partial charge < -0.3 is 5.32 Å². The van der Waals surface area contributed by atoms with E-state index in [1.807, 2.05) is 50.2 Å². The molecular weight excluding hydrogens is 400 g/mol. The molecule has 2 aromatic carbocycles. The molecule has 1 N–H and O–H groups in total. The highest BCUT2D eigenvalue weighted by atomic mass is 16.6. The van der Waals surface area contributed by atoms with Crippen LogP contribution in [0.4, 0.5) is 5.69 Å². The van der Waals surface area contributed by atoms with Crippen molar-refractivity contribution in [3.63, 3.8) is 0 Å². The van der Waals surface area contributed by atoms with Crippen LogP contribution in [0.1, 0.15) is 86.3 Å². The van der Waals surface area contributed by atoms with Crippen LogP contribution in [0.25, 0.3) is 0 Å². The molecule has 0 unspecified atom stereocenters. The van der Waals surface area contributed by atoms with Gasteiger partial charge in [-0.05, 0) is 77.7 Å². The second kappa shape index (κ2) is 8.34. The Balaban J connectivity index is 1.65. The number of fused-ring (bicyclic) bond motifs is 3. The Bertz CT molecular complexity index is 1030. The van der Waals surface area contributed by atoms with Gasteiger partial charge in [-0.25, -0.2) is 0 Å². The molecule has 5 nitrogen and oxygen atoms in total. The lowest BCUT2D eigenvalue weighted by Gasteiger charge is -2.55. The molecule has 0 spiro atoms. The minimum Gasteiger partial charge on any atom is -0.351 e. The molecule has 2 aliphatic rings. The number of nitro benzene ring substituents is 1. The van der Waals surface area contributed by atoms with Gasteiger partial charge in [0.1, 0.15) is 0 Å². The Kier molecular flexibility index (Phi) is 5.87. The smallest absolute Gasteiger partial charge is 0.273 e. The average Bonchev–Trinajstić information content (AvgIpc) is 2.77. The summed E-state index contributed by atoms with van der Waals surface area (Å²) in [7, 11) is 0. The Morgan fingerprint density at radius 2 is 1.91 bits per heavy atom. The van der Waals surface area contributed by atoms with Crippen LogP contribution in [-0.4, -0.2) is 17.4 Å². The summed E-state index contributed by atoms with van der Waals surface area (Å²) in [5.74, 6) is 0.459. The van der Waals surface area contributed by atoms with E-state index in [1.165, 1.54) is 5.56 Å². The van der Waals surface area contributed by atoms with Crippen molar-refractivity contribution in [2.75, 3.05) is 6.54 Å². The number of hydrogen-bond acceptors (Lipinski definition) is 3. The maximum atomic E-state index is 12.7. The molecule has 0 aromatic heterocycles. The molecular formula is C27H34N2O3. The van der Waals surface area contributed by atoms with Gasteiger partial charge in [-0.15, -0.1) is 0 Å². The molecule has 0 heterocycles. The summed E-state index contributed by atoms with van der Waals surface area (Å²) >= 11 is 0. The van der Waals surface area contributed by atoms with Crippen molar-refractivity contribution in [1.82, 2.24) is 5.32 Å². The highest BCUT2D eigenvalue weighted by molar-refractivity contribution is 5.94. The Hall–Kier alpha value is -2.69. The van der Waals surface area contributed by atoms with Gasteiger partial charge >= 0.3 is 0 Å². The number of aryl methyl sites for hydroxylation is 1. The van der Waals surface area contributed by atoms with Crippen LogP contribution in [-0.2, 0) is 11.8 Å². The van der Waals surface area contributed by atoms with Crippen LogP contribution < -0.4 is 5.32 Å². The summed E-state index contributed by atoms with van der Waals surface area (Å²) < 4.78 is 0. The van der Waals surface area contributed by atoms with Crippen molar-refractivity contribution in [3.8, 4) is 0 Å². The summed E-state index contributed by atoms with van der Waals surface area (Å²) in [5, 5.41) is 15.1. The molecule has 3 atom stereocenters. The van der Waals surface area contributed by atoms with Gasteiger partial charge in [-0.1, -0.05) is 52.3 Å². The number of benzene rings is 2. The van der Waals surface area contributed by atoms with E-state index in [4.69, 9.17) is 0 Å². The van der Waals surface area contributed by atoms with Gasteiger partial charge in [-0.2, -0.15) is 0 Å².